The molecule has 3 aromatic heterocycles. The number of carbonyl (C=O) groups excluding carboxylic acids is 1. The number of fused-ring (bicyclic) bond motifs is 1. The van der Waals surface area contributed by atoms with E-state index in [1.165, 1.54) is 7.11 Å². The lowest BCUT2D eigenvalue weighted by Crippen LogP contribution is -2.45. The summed E-state index contributed by atoms with van der Waals surface area (Å²) in [5, 5.41) is 9.66. The summed E-state index contributed by atoms with van der Waals surface area (Å²) in [6.45, 7) is 18.4. The molecule has 0 amide bonds. The summed E-state index contributed by atoms with van der Waals surface area (Å²) in [5.41, 5.74) is 3.74. The smallest absolute Gasteiger partial charge is 0.339 e. The lowest BCUT2D eigenvalue weighted by molar-refractivity contribution is -0.155. The zero-order valence-corrected chi connectivity index (χ0v) is 28.1. The molecule has 0 spiro atoms. The molecule has 1 aliphatic heterocycles. The molecule has 47 heavy (non-hydrogen) atoms. The highest BCUT2D eigenvalue weighted by molar-refractivity contribution is 5.80. The standard InChI is InChI=1S/C36H46N6O5/c1-8-18-45-29-13-11-10-12-28(29)20-27-22-37-41(23-27)31-21-30-38-26(5)32(33(35(43)44-7)46-24-25(3)4)34(42(30)39-31)40-16-14-36(6,15-17-40)47-19-9-2/h8-13,21-23,25,33H,1-2,14-20,24H2,3-7H3/t33-/m0/s1. The SMILES string of the molecule is C=CCOc1ccccc1Cc1cnn(-c2cc3nc(C)c([C@H](OCC(C)C)C(=O)OC)c(N4CCC(C)(OCC=C)CC4)n3n2)c1. The number of hydrogen-bond donors (Lipinski definition) is 0. The van der Waals surface area contributed by atoms with E-state index in [2.05, 4.69) is 30.1 Å². The molecule has 0 saturated carbocycles. The molecular weight excluding hydrogens is 596 g/mol. The Hall–Kier alpha value is -4.48. The molecule has 0 radical (unpaired) electrons. The summed E-state index contributed by atoms with van der Waals surface area (Å²) in [6.07, 6.45) is 8.55. The van der Waals surface area contributed by atoms with Crippen molar-refractivity contribution in [3.8, 4) is 11.6 Å². The molecule has 5 rings (SSSR count). The van der Waals surface area contributed by atoms with E-state index in [9.17, 15) is 4.79 Å². The number of aryl methyl sites for hydroxylation is 1. The van der Waals surface area contributed by atoms with E-state index in [4.69, 9.17) is 29.0 Å². The summed E-state index contributed by atoms with van der Waals surface area (Å²) >= 11 is 0. The summed E-state index contributed by atoms with van der Waals surface area (Å²) in [7, 11) is 1.38. The Labute approximate surface area is 276 Å². The number of ether oxygens (including phenoxy) is 4. The largest absolute Gasteiger partial charge is 0.489 e. The highest BCUT2D eigenvalue weighted by atomic mass is 16.6. The first kappa shape index (κ1) is 33.9. The van der Waals surface area contributed by atoms with Gasteiger partial charge in [-0.05, 0) is 49.8 Å². The number of aromatic nitrogens is 5. The number of hydrogen-bond acceptors (Lipinski definition) is 9. The van der Waals surface area contributed by atoms with Crippen molar-refractivity contribution >= 4 is 17.4 Å². The minimum Gasteiger partial charge on any atom is -0.489 e. The molecule has 1 aromatic carbocycles. The number of rotatable bonds is 15. The number of para-hydroxylation sites is 1. The van der Waals surface area contributed by atoms with Crippen LogP contribution in [0, 0.1) is 12.8 Å². The molecular formula is C36H46N6O5. The highest BCUT2D eigenvalue weighted by Crippen LogP contribution is 2.37. The van der Waals surface area contributed by atoms with Crippen molar-refractivity contribution in [3.05, 3.63) is 90.4 Å². The summed E-state index contributed by atoms with van der Waals surface area (Å²) in [4.78, 5) is 20.4. The first-order valence-electron chi connectivity index (χ1n) is 16.1. The van der Waals surface area contributed by atoms with E-state index >= 15 is 0 Å². The average molecular weight is 643 g/mol. The Morgan fingerprint density at radius 2 is 1.87 bits per heavy atom. The van der Waals surface area contributed by atoms with Crippen molar-refractivity contribution in [2.24, 2.45) is 5.92 Å². The monoisotopic (exact) mass is 642 g/mol. The maximum absolute atomic E-state index is 13.3. The second kappa shape index (κ2) is 15.0. The van der Waals surface area contributed by atoms with Crippen LogP contribution in [0.15, 0.2) is 68.0 Å². The Balaban J connectivity index is 1.55. The molecule has 11 nitrogen and oxygen atoms in total. The van der Waals surface area contributed by atoms with Crippen LogP contribution < -0.4 is 9.64 Å². The third kappa shape index (κ3) is 7.74. The molecule has 11 heteroatoms. The van der Waals surface area contributed by atoms with Gasteiger partial charge >= 0.3 is 5.97 Å². The number of benzene rings is 1. The Morgan fingerprint density at radius 1 is 1.13 bits per heavy atom. The average Bonchev–Trinajstić information content (AvgIpc) is 3.71. The first-order valence-corrected chi connectivity index (χ1v) is 16.1. The van der Waals surface area contributed by atoms with Gasteiger partial charge in [0.2, 0.25) is 0 Å². The van der Waals surface area contributed by atoms with E-state index in [-0.39, 0.29) is 11.5 Å². The number of methoxy groups -OCH3 is 1. The second-order valence-corrected chi connectivity index (χ2v) is 12.6. The predicted octanol–water partition coefficient (Wildman–Crippen LogP) is 5.83. The van der Waals surface area contributed by atoms with E-state index < -0.39 is 12.1 Å². The quantitative estimate of drug-likeness (QED) is 0.117. The van der Waals surface area contributed by atoms with E-state index in [1.54, 1.807) is 21.3 Å². The maximum atomic E-state index is 13.3. The number of piperidine rings is 1. The van der Waals surface area contributed by atoms with Crippen LogP contribution >= 0.6 is 0 Å². The van der Waals surface area contributed by atoms with Gasteiger partial charge in [-0.25, -0.2) is 14.5 Å². The van der Waals surface area contributed by atoms with Crippen molar-refractivity contribution in [1.82, 2.24) is 24.4 Å². The third-order valence-electron chi connectivity index (χ3n) is 8.33. The van der Waals surface area contributed by atoms with E-state index in [0.717, 1.165) is 35.5 Å². The predicted molar refractivity (Wildman–Crippen MR) is 181 cm³/mol. The third-order valence-corrected chi connectivity index (χ3v) is 8.33. The second-order valence-electron chi connectivity index (χ2n) is 12.6. The van der Waals surface area contributed by atoms with Crippen LogP contribution in [0.25, 0.3) is 11.5 Å². The van der Waals surface area contributed by atoms with Crippen molar-refractivity contribution in [2.45, 2.75) is 58.7 Å². The molecule has 1 aliphatic rings. The molecule has 4 heterocycles. The van der Waals surface area contributed by atoms with Crippen LogP contribution in [0.4, 0.5) is 5.82 Å². The fourth-order valence-corrected chi connectivity index (χ4v) is 5.82. The van der Waals surface area contributed by atoms with Crippen molar-refractivity contribution < 1.29 is 23.7 Å². The van der Waals surface area contributed by atoms with Gasteiger partial charge in [-0.3, -0.25) is 0 Å². The van der Waals surface area contributed by atoms with Crippen LogP contribution in [-0.4, -0.2) is 76.0 Å². The number of carbonyl (C=O) groups is 1. The van der Waals surface area contributed by atoms with Gasteiger partial charge in [0.05, 0.1) is 37.7 Å². The fourth-order valence-electron chi connectivity index (χ4n) is 5.82. The Morgan fingerprint density at radius 3 is 2.57 bits per heavy atom. The van der Waals surface area contributed by atoms with Gasteiger partial charge in [-0.15, -0.1) is 11.7 Å². The van der Waals surface area contributed by atoms with Gasteiger partial charge in [-0.2, -0.15) is 9.61 Å². The van der Waals surface area contributed by atoms with Crippen LogP contribution in [-0.2, 0) is 25.4 Å². The molecule has 0 unspecified atom stereocenters. The van der Waals surface area contributed by atoms with E-state index in [0.29, 0.717) is 62.1 Å². The van der Waals surface area contributed by atoms with Gasteiger partial charge in [0.1, 0.15) is 18.2 Å². The first-order chi connectivity index (χ1) is 22.7. The molecule has 1 fully saturated rings. The van der Waals surface area contributed by atoms with Crippen molar-refractivity contribution in [2.75, 3.05) is 44.9 Å². The van der Waals surface area contributed by atoms with E-state index in [1.807, 2.05) is 63.5 Å². The molecule has 250 valence electrons. The Kier molecular flexibility index (Phi) is 10.8. The number of esters is 1. The van der Waals surface area contributed by atoms with Gasteiger partial charge in [0.15, 0.2) is 17.6 Å². The lowest BCUT2D eigenvalue weighted by Gasteiger charge is -2.41. The summed E-state index contributed by atoms with van der Waals surface area (Å²) < 4.78 is 27.0. The van der Waals surface area contributed by atoms with Crippen LogP contribution in [0.1, 0.15) is 62.1 Å². The molecule has 0 aliphatic carbocycles. The number of anilines is 1. The highest BCUT2D eigenvalue weighted by Gasteiger charge is 2.37. The summed E-state index contributed by atoms with van der Waals surface area (Å²) in [5.74, 6) is 1.91. The van der Waals surface area contributed by atoms with Gasteiger partial charge in [0.25, 0.3) is 0 Å². The number of nitrogens with zero attached hydrogens (tertiary/aromatic N) is 6. The minimum atomic E-state index is -0.966. The zero-order valence-electron chi connectivity index (χ0n) is 28.1. The van der Waals surface area contributed by atoms with Crippen LogP contribution in [0.5, 0.6) is 5.75 Å². The molecule has 1 saturated heterocycles. The molecule has 4 aromatic rings. The van der Waals surface area contributed by atoms with Crippen LogP contribution in [0.2, 0.25) is 0 Å². The van der Waals surface area contributed by atoms with Gasteiger partial charge in [-0.1, -0.05) is 50.8 Å². The topological polar surface area (TPSA) is 105 Å². The molecule has 0 N–H and O–H groups in total. The molecule has 0 bridgehead atoms. The maximum Gasteiger partial charge on any atom is 0.339 e. The lowest BCUT2D eigenvalue weighted by atomic mass is 9.92. The molecule has 1 atom stereocenters. The minimum absolute atomic E-state index is 0.214. The van der Waals surface area contributed by atoms with Crippen molar-refractivity contribution in [3.63, 3.8) is 0 Å². The van der Waals surface area contributed by atoms with Gasteiger partial charge in [0, 0.05) is 37.5 Å². The Bertz CT molecular complexity index is 1700. The van der Waals surface area contributed by atoms with Crippen LogP contribution in [0.3, 0.4) is 0 Å². The normalized spacial score (nSPS) is 15.1. The fraction of sp³-hybridized carbons (Fsp3) is 0.444. The van der Waals surface area contributed by atoms with Crippen molar-refractivity contribution in [1.29, 1.82) is 0 Å². The summed E-state index contributed by atoms with van der Waals surface area (Å²) in [6, 6.07) is 9.86. The zero-order chi connectivity index (χ0) is 33.6. The van der Waals surface area contributed by atoms with Gasteiger partial charge < -0.3 is 23.8 Å².